The molecular formula is C10H13NO2. The van der Waals surface area contributed by atoms with Gasteiger partial charge in [-0.05, 0) is 13.3 Å². The number of hydrogen-bond acceptors (Lipinski definition) is 3. The van der Waals surface area contributed by atoms with Crippen LogP contribution in [0, 0.1) is 17.8 Å². The second-order valence-electron chi connectivity index (χ2n) is 2.88. The van der Waals surface area contributed by atoms with Crippen LogP contribution >= 0.6 is 0 Å². The molecule has 0 aliphatic heterocycles. The second-order valence-corrected chi connectivity index (χ2v) is 2.88. The molecule has 2 N–H and O–H groups in total. The minimum absolute atomic E-state index is 0.165. The maximum absolute atomic E-state index is 11.3. The van der Waals surface area contributed by atoms with Crippen LogP contribution in [0.1, 0.15) is 13.3 Å². The Hall–Kier alpha value is -1.27. The van der Waals surface area contributed by atoms with E-state index in [2.05, 4.69) is 11.8 Å². The molecule has 0 unspecified atom stereocenters. The molecule has 1 aliphatic rings. The second kappa shape index (κ2) is 4.68. The van der Waals surface area contributed by atoms with Gasteiger partial charge in [-0.25, -0.2) is 0 Å². The van der Waals surface area contributed by atoms with E-state index in [0.29, 0.717) is 6.42 Å². The van der Waals surface area contributed by atoms with Gasteiger partial charge in [0.25, 0.3) is 0 Å². The summed E-state index contributed by atoms with van der Waals surface area (Å²) >= 11 is 0. The van der Waals surface area contributed by atoms with Gasteiger partial charge in [0.05, 0.1) is 5.92 Å². The summed E-state index contributed by atoms with van der Waals surface area (Å²) in [6, 6.07) is -0.193. The largest absolute Gasteiger partial charge is 0.452 e. The Labute approximate surface area is 77.9 Å². The number of allylic oxidation sites excluding steroid dienone is 1. The quantitative estimate of drug-likeness (QED) is 0.380. The Kier molecular flexibility index (Phi) is 3.53. The van der Waals surface area contributed by atoms with Gasteiger partial charge in [-0.15, -0.1) is 5.92 Å². The number of hydrogen-bond donors (Lipinski definition) is 1. The first-order valence-electron chi connectivity index (χ1n) is 4.24. The highest BCUT2D eigenvalue weighted by molar-refractivity contribution is 5.74. The van der Waals surface area contributed by atoms with E-state index in [0.717, 1.165) is 0 Å². The van der Waals surface area contributed by atoms with E-state index in [1.165, 1.54) is 0 Å². The molecule has 70 valence electrons. The molecule has 1 aliphatic carbocycles. The van der Waals surface area contributed by atoms with Gasteiger partial charge in [-0.2, -0.15) is 0 Å². The van der Waals surface area contributed by atoms with Crippen LogP contribution in [-0.4, -0.2) is 18.6 Å². The Morgan fingerprint density at radius 2 is 2.54 bits per heavy atom. The van der Waals surface area contributed by atoms with Gasteiger partial charge in [0, 0.05) is 6.04 Å². The van der Waals surface area contributed by atoms with Crippen LogP contribution < -0.4 is 5.73 Å². The normalized spacial score (nSPS) is 25.1. The number of rotatable bonds is 2. The van der Waals surface area contributed by atoms with Crippen molar-refractivity contribution in [2.45, 2.75) is 19.4 Å². The van der Waals surface area contributed by atoms with Gasteiger partial charge in [-0.3, -0.25) is 4.79 Å². The molecule has 0 saturated carbocycles. The SMILES string of the molecule is CC#CCOC(=O)[C@H]1CC=C[C@H]1N. The fourth-order valence-corrected chi connectivity index (χ4v) is 1.21. The topological polar surface area (TPSA) is 52.3 Å². The molecule has 0 spiro atoms. The highest BCUT2D eigenvalue weighted by atomic mass is 16.5. The van der Waals surface area contributed by atoms with E-state index in [4.69, 9.17) is 10.5 Å². The van der Waals surface area contributed by atoms with Crippen LogP contribution in [0.15, 0.2) is 12.2 Å². The fraction of sp³-hybridized carbons (Fsp3) is 0.500. The Morgan fingerprint density at radius 3 is 3.08 bits per heavy atom. The van der Waals surface area contributed by atoms with Gasteiger partial charge in [0.1, 0.15) is 0 Å². The van der Waals surface area contributed by atoms with E-state index in [9.17, 15) is 4.79 Å². The van der Waals surface area contributed by atoms with E-state index in [1.54, 1.807) is 6.92 Å². The summed E-state index contributed by atoms with van der Waals surface area (Å²) in [4.78, 5) is 11.3. The lowest BCUT2D eigenvalue weighted by Crippen LogP contribution is -2.32. The summed E-state index contributed by atoms with van der Waals surface area (Å²) < 4.78 is 4.90. The van der Waals surface area contributed by atoms with Crippen molar-refractivity contribution in [2.24, 2.45) is 11.7 Å². The third kappa shape index (κ3) is 2.60. The molecule has 0 bridgehead atoms. The van der Waals surface area contributed by atoms with Crippen LogP contribution in [0.4, 0.5) is 0 Å². The van der Waals surface area contributed by atoms with E-state index < -0.39 is 0 Å². The van der Waals surface area contributed by atoms with Crippen molar-refractivity contribution >= 4 is 5.97 Å². The maximum Gasteiger partial charge on any atom is 0.312 e. The molecular weight excluding hydrogens is 166 g/mol. The highest BCUT2D eigenvalue weighted by Gasteiger charge is 2.27. The minimum Gasteiger partial charge on any atom is -0.452 e. The molecule has 0 aromatic heterocycles. The molecule has 0 fully saturated rings. The minimum atomic E-state index is -0.250. The average molecular weight is 179 g/mol. The number of carbonyl (C=O) groups excluding carboxylic acids is 1. The van der Waals surface area contributed by atoms with Crippen LogP contribution in [0.3, 0.4) is 0 Å². The summed E-state index contributed by atoms with van der Waals surface area (Å²) in [5.74, 6) is 4.85. The lowest BCUT2D eigenvalue weighted by molar-refractivity contribution is -0.146. The first kappa shape index (κ1) is 9.82. The molecule has 0 amide bonds. The lowest BCUT2D eigenvalue weighted by Gasteiger charge is -2.12. The van der Waals surface area contributed by atoms with Gasteiger partial charge >= 0.3 is 5.97 Å². The molecule has 2 atom stereocenters. The molecule has 3 heteroatoms. The molecule has 3 nitrogen and oxygen atoms in total. The standard InChI is InChI=1S/C10H13NO2/c1-2-3-7-13-10(12)8-5-4-6-9(8)11/h4,6,8-9H,5,7,11H2,1H3/t8-,9+/m0/s1. The number of esters is 1. The van der Waals surface area contributed by atoms with Crippen molar-refractivity contribution in [3.8, 4) is 11.8 Å². The average Bonchev–Trinajstić information content (AvgIpc) is 2.52. The zero-order chi connectivity index (χ0) is 9.68. The number of ether oxygens (including phenoxy) is 1. The van der Waals surface area contributed by atoms with Crippen molar-refractivity contribution in [3.05, 3.63) is 12.2 Å². The summed E-state index contributed by atoms with van der Waals surface area (Å²) in [5, 5.41) is 0. The summed E-state index contributed by atoms with van der Waals surface area (Å²) in [7, 11) is 0. The van der Waals surface area contributed by atoms with Crippen LogP contribution in [-0.2, 0) is 9.53 Å². The van der Waals surface area contributed by atoms with Crippen molar-refractivity contribution in [1.82, 2.24) is 0 Å². The first-order chi connectivity index (χ1) is 6.25. The fourth-order valence-electron chi connectivity index (χ4n) is 1.21. The summed E-state index contributed by atoms with van der Waals surface area (Å²) in [5.41, 5.74) is 5.66. The smallest absolute Gasteiger partial charge is 0.312 e. The monoisotopic (exact) mass is 179 g/mol. The van der Waals surface area contributed by atoms with Crippen LogP contribution in [0.5, 0.6) is 0 Å². The number of carbonyl (C=O) groups is 1. The van der Waals surface area contributed by atoms with Crippen molar-refractivity contribution < 1.29 is 9.53 Å². The third-order valence-electron chi connectivity index (χ3n) is 1.98. The van der Waals surface area contributed by atoms with E-state index >= 15 is 0 Å². The molecule has 0 heterocycles. The molecule has 1 rings (SSSR count). The molecule has 0 aromatic carbocycles. The predicted octanol–water partition coefficient (Wildman–Crippen LogP) is 0.456. The summed E-state index contributed by atoms with van der Waals surface area (Å²) in [6.07, 6.45) is 4.42. The zero-order valence-electron chi connectivity index (χ0n) is 7.62. The Balaban J connectivity index is 2.34. The van der Waals surface area contributed by atoms with Crippen LogP contribution in [0.2, 0.25) is 0 Å². The van der Waals surface area contributed by atoms with Crippen molar-refractivity contribution in [3.63, 3.8) is 0 Å². The molecule has 0 aromatic rings. The lowest BCUT2D eigenvalue weighted by atomic mass is 10.0. The van der Waals surface area contributed by atoms with Gasteiger partial charge < -0.3 is 10.5 Å². The van der Waals surface area contributed by atoms with Crippen LogP contribution in [0.25, 0.3) is 0 Å². The van der Waals surface area contributed by atoms with Crippen molar-refractivity contribution in [1.29, 1.82) is 0 Å². The maximum atomic E-state index is 11.3. The first-order valence-corrected chi connectivity index (χ1v) is 4.24. The molecule has 0 radical (unpaired) electrons. The van der Waals surface area contributed by atoms with E-state index in [1.807, 2.05) is 12.2 Å². The molecule has 13 heavy (non-hydrogen) atoms. The Morgan fingerprint density at radius 1 is 1.77 bits per heavy atom. The predicted molar refractivity (Wildman–Crippen MR) is 49.6 cm³/mol. The highest BCUT2D eigenvalue weighted by Crippen LogP contribution is 2.18. The molecule has 0 saturated heterocycles. The van der Waals surface area contributed by atoms with Gasteiger partial charge in [0.2, 0.25) is 0 Å². The summed E-state index contributed by atoms with van der Waals surface area (Å²) in [6.45, 7) is 1.87. The Bertz CT molecular complexity index is 272. The zero-order valence-corrected chi connectivity index (χ0v) is 7.62. The van der Waals surface area contributed by atoms with Crippen molar-refractivity contribution in [2.75, 3.05) is 6.61 Å². The van der Waals surface area contributed by atoms with E-state index in [-0.39, 0.29) is 24.5 Å². The third-order valence-corrected chi connectivity index (χ3v) is 1.98. The van der Waals surface area contributed by atoms with Gasteiger partial charge in [-0.1, -0.05) is 18.1 Å². The number of nitrogens with two attached hydrogens (primary N) is 1. The van der Waals surface area contributed by atoms with Gasteiger partial charge in [0.15, 0.2) is 6.61 Å².